The van der Waals surface area contributed by atoms with Gasteiger partial charge in [0.05, 0.1) is 12.3 Å². The third-order valence-corrected chi connectivity index (χ3v) is 5.22. The van der Waals surface area contributed by atoms with Gasteiger partial charge in [0.25, 0.3) is 0 Å². The third-order valence-electron chi connectivity index (χ3n) is 5.22. The van der Waals surface area contributed by atoms with E-state index in [0.717, 1.165) is 11.5 Å². The molecule has 1 aromatic rings. The molecule has 0 unspecified atom stereocenters. The topological polar surface area (TPSA) is 55.0 Å². The molecule has 0 amide bonds. The molecule has 1 heterocycles. The summed E-state index contributed by atoms with van der Waals surface area (Å²) in [6.07, 6.45) is 12.4. The van der Waals surface area contributed by atoms with Crippen LogP contribution in [0.1, 0.15) is 105 Å². The Bertz CT molecular complexity index is 497. The number of aromatic nitrogens is 2. The van der Waals surface area contributed by atoms with Crippen LogP contribution in [0, 0.1) is 0 Å². The first-order valence-corrected chi connectivity index (χ1v) is 9.06. The Kier molecular flexibility index (Phi) is 5.16. The van der Waals surface area contributed by atoms with E-state index in [1.807, 2.05) is 6.92 Å². The van der Waals surface area contributed by atoms with E-state index in [1.54, 1.807) is 0 Å². The Hall–Kier alpha value is -1.32. The summed E-state index contributed by atoms with van der Waals surface area (Å²) in [5.41, 5.74) is 1.62. The van der Waals surface area contributed by atoms with E-state index >= 15 is 0 Å². The standard InChI is InChI=1S/C18H28N2O2/c1-2-22-18(21)16-15(13-9-5-3-6-10-13)19-17(20-16)14-11-7-4-8-12-14/h13-14H,2-12H2,1H3,(H,19,20). The molecule has 0 aliphatic heterocycles. The lowest BCUT2D eigenvalue weighted by Gasteiger charge is -2.21. The molecule has 3 rings (SSSR count). The van der Waals surface area contributed by atoms with E-state index < -0.39 is 0 Å². The van der Waals surface area contributed by atoms with Crippen LogP contribution < -0.4 is 0 Å². The summed E-state index contributed by atoms with van der Waals surface area (Å²) >= 11 is 0. The largest absolute Gasteiger partial charge is 0.461 e. The minimum atomic E-state index is -0.249. The van der Waals surface area contributed by atoms with Crippen molar-refractivity contribution in [2.24, 2.45) is 0 Å². The van der Waals surface area contributed by atoms with Crippen LogP contribution in [0.5, 0.6) is 0 Å². The number of rotatable bonds is 4. The second-order valence-corrected chi connectivity index (χ2v) is 6.77. The van der Waals surface area contributed by atoms with Crippen molar-refractivity contribution in [3.8, 4) is 0 Å². The predicted molar refractivity (Wildman–Crippen MR) is 86.2 cm³/mol. The van der Waals surface area contributed by atoms with Crippen LogP contribution in [0.2, 0.25) is 0 Å². The van der Waals surface area contributed by atoms with Gasteiger partial charge >= 0.3 is 5.97 Å². The molecule has 0 saturated heterocycles. The molecule has 2 fully saturated rings. The van der Waals surface area contributed by atoms with Crippen molar-refractivity contribution < 1.29 is 9.53 Å². The smallest absolute Gasteiger partial charge is 0.358 e. The second-order valence-electron chi connectivity index (χ2n) is 6.77. The molecule has 0 atom stereocenters. The Balaban J connectivity index is 1.87. The molecule has 2 aliphatic rings. The fourth-order valence-electron chi connectivity index (χ4n) is 4.02. The number of carbonyl (C=O) groups excluding carboxylic acids is 1. The minimum absolute atomic E-state index is 0.249. The van der Waals surface area contributed by atoms with Gasteiger partial charge in [-0.3, -0.25) is 0 Å². The van der Waals surface area contributed by atoms with Crippen LogP contribution in [-0.2, 0) is 4.74 Å². The average molecular weight is 304 g/mol. The number of imidazole rings is 1. The Morgan fingerprint density at radius 2 is 1.64 bits per heavy atom. The Labute approximate surface area is 133 Å². The number of hydrogen-bond donors (Lipinski definition) is 1. The van der Waals surface area contributed by atoms with Gasteiger partial charge in [-0.15, -0.1) is 0 Å². The maximum absolute atomic E-state index is 12.3. The average Bonchev–Trinajstić information content (AvgIpc) is 3.02. The lowest BCUT2D eigenvalue weighted by molar-refractivity contribution is 0.0517. The lowest BCUT2D eigenvalue weighted by atomic mass is 9.86. The Morgan fingerprint density at radius 1 is 1.05 bits per heavy atom. The van der Waals surface area contributed by atoms with Gasteiger partial charge in [0.1, 0.15) is 5.82 Å². The van der Waals surface area contributed by atoms with Crippen LogP contribution in [0.4, 0.5) is 0 Å². The summed E-state index contributed by atoms with van der Waals surface area (Å²) in [5.74, 6) is 1.74. The predicted octanol–water partition coefficient (Wildman–Crippen LogP) is 4.68. The van der Waals surface area contributed by atoms with Crippen molar-refractivity contribution in [1.82, 2.24) is 9.97 Å². The lowest BCUT2D eigenvalue weighted by Crippen LogP contribution is -2.13. The summed E-state index contributed by atoms with van der Waals surface area (Å²) in [4.78, 5) is 20.5. The van der Waals surface area contributed by atoms with Crippen molar-refractivity contribution in [1.29, 1.82) is 0 Å². The van der Waals surface area contributed by atoms with Gasteiger partial charge in [-0.2, -0.15) is 0 Å². The fourth-order valence-corrected chi connectivity index (χ4v) is 4.02. The first-order valence-electron chi connectivity index (χ1n) is 9.06. The number of ether oxygens (including phenoxy) is 1. The zero-order chi connectivity index (χ0) is 15.4. The van der Waals surface area contributed by atoms with E-state index in [9.17, 15) is 4.79 Å². The molecular weight excluding hydrogens is 276 g/mol. The molecule has 2 saturated carbocycles. The number of nitrogens with one attached hydrogen (secondary N) is 1. The number of hydrogen-bond acceptors (Lipinski definition) is 3. The maximum Gasteiger partial charge on any atom is 0.358 e. The first kappa shape index (κ1) is 15.6. The second kappa shape index (κ2) is 7.30. The molecule has 1 N–H and O–H groups in total. The van der Waals surface area contributed by atoms with E-state index in [4.69, 9.17) is 9.72 Å². The summed E-state index contributed by atoms with van der Waals surface area (Å²) in [5, 5.41) is 0. The molecule has 4 nitrogen and oxygen atoms in total. The van der Waals surface area contributed by atoms with Gasteiger partial charge in [0.15, 0.2) is 5.69 Å². The Morgan fingerprint density at radius 3 is 2.23 bits per heavy atom. The van der Waals surface area contributed by atoms with E-state index in [0.29, 0.717) is 24.1 Å². The monoisotopic (exact) mass is 304 g/mol. The number of carbonyl (C=O) groups is 1. The molecule has 0 radical (unpaired) electrons. The molecular formula is C18H28N2O2. The van der Waals surface area contributed by atoms with Crippen LogP contribution in [-0.4, -0.2) is 22.5 Å². The van der Waals surface area contributed by atoms with Crippen molar-refractivity contribution in [2.45, 2.75) is 83.0 Å². The first-order chi connectivity index (χ1) is 10.8. The highest BCUT2D eigenvalue weighted by Crippen LogP contribution is 2.37. The molecule has 2 aliphatic carbocycles. The van der Waals surface area contributed by atoms with Crippen molar-refractivity contribution in [3.63, 3.8) is 0 Å². The number of aromatic amines is 1. The number of H-pyrrole nitrogens is 1. The van der Waals surface area contributed by atoms with Crippen LogP contribution >= 0.6 is 0 Å². The van der Waals surface area contributed by atoms with Crippen LogP contribution in [0.15, 0.2) is 0 Å². The third kappa shape index (κ3) is 3.36. The van der Waals surface area contributed by atoms with Crippen molar-refractivity contribution >= 4 is 5.97 Å². The van der Waals surface area contributed by atoms with Gasteiger partial charge < -0.3 is 9.72 Å². The summed E-state index contributed by atoms with van der Waals surface area (Å²) in [6.45, 7) is 2.27. The van der Waals surface area contributed by atoms with E-state index in [-0.39, 0.29) is 5.97 Å². The molecule has 0 aromatic carbocycles. The molecule has 4 heteroatoms. The molecule has 22 heavy (non-hydrogen) atoms. The molecule has 0 bridgehead atoms. The SMILES string of the molecule is CCOC(=O)c1nc(C2CCCCC2)[nH]c1C1CCCCC1. The maximum atomic E-state index is 12.3. The normalized spacial score (nSPS) is 21.0. The number of nitrogens with zero attached hydrogens (tertiary/aromatic N) is 1. The van der Waals surface area contributed by atoms with Gasteiger partial charge in [-0.05, 0) is 32.6 Å². The molecule has 0 spiro atoms. The van der Waals surface area contributed by atoms with Crippen molar-refractivity contribution in [3.05, 3.63) is 17.2 Å². The summed E-state index contributed by atoms with van der Waals surface area (Å²) < 4.78 is 5.24. The van der Waals surface area contributed by atoms with Crippen LogP contribution in [0.25, 0.3) is 0 Å². The summed E-state index contributed by atoms with van der Waals surface area (Å²) in [6, 6.07) is 0. The summed E-state index contributed by atoms with van der Waals surface area (Å²) in [7, 11) is 0. The highest BCUT2D eigenvalue weighted by molar-refractivity contribution is 5.88. The van der Waals surface area contributed by atoms with Gasteiger partial charge in [-0.1, -0.05) is 38.5 Å². The zero-order valence-electron chi connectivity index (χ0n) is 13.7. The van der Waals surface area contributed by atoms with Crippen molar-refractivity contribution in [2.75, 3.05) is 6.61 Å². The van der Waals surface area contributed by atoms with E-state index in [1.165, 1.54) is 64.2 Å². The fraction of sp³-hybridized carbons (Fsp3) is 0.778. The molecule has 122 valence electrons. The van der Waals surface area contributed by atoms with Gasteiger partial charge in [0.2, 0.25) is 0 Å². The van der Waals surface area contributed by atoms with Crippen LogP contribution in [0.3, 0.4) is 0 Å². The number of esters is 1. The zero-order valence-corrected chi connectivity index (χ0v) is 13.7. The minimum Gasteiger partial charge on any atom is -0.461 e. The highest BCUT2D eigenvalue weighted by atomic mass is 16.5. The van der Waals surface area contributed by atoms with Gasteiger partial charge in [0, 0.05) is 11.8 Å². The highest BCUT2D eigenvalue weighted by Gasteiger charge is 2.29. The molecule has 1 aromatic heterocycles. The van der Waals surface area contributed by atoms with E-state index in [2.05, 4.69) is 4.98 Å². The quantitative estimate of drug-likeness (QED) is 0.822. The van der Waals surface area contributed by atoms with Gasteiger partial charge in [-0.25, -0.2) is 9.78 Å².